The highest BCUT2D eigenvalue weighted by Crippen LogP contribution is 2.24. The quantitative estimate of drug-likeness (QED) is 0.771. The van der Waals surface area contributed by atoms with Gasteiger partial charge >= 0.3 is 6.36 Å². The average molecular weight is 304 g/mol. The molecule has 0 fully saturated rings. The second kappa shape index (κ2) is 8.24. The Balaban J connectivity index is 2.65. The molecule has 3 N–H and O–H groups in total. The minimum Gasteiger partial charge on any atom is -0.406 e. The molecule has 0 saturated heterocycles. The van der Waals surface area contributed by atoms with E-state index in [1.165, 1.54) is 12.1 Å². The molecule has 1 aromatic rings. The van der Waals surface area contributed by atoms with Gasteiger partial charge in [-0.25, -0.2) is 0 Å². The van der Waals surface area contributed by atoms with Gasteiger partial charge in [0, 0.05) is 12.6 Å². The van der Waals surface area contributed by atoms with Crippen molar-refractivity contribution in [3.8, 4) is 5.75 Å². The number of hydrogen-bond donors (Lipinski definition) is 2. The Bertz CT molecular complexity index is 402. The van der Waals surface area contributed by atoms with E-state index < -0.39 is 6.36 Å². The molecule has 0 aliphatic carbocycles. The fourth-order valence-corrected chi connectivity index (χ4v) is 2.13. The van der Waals surface area contributed by atoms with Gasteiger partial charge in [-0.05, 0) is 30.2 Å². The van der Waals surface area contributed by atoms with Crippen LogP contribution < -0.4 is 15.8 Å². The maximum absolute atomic E-state index is 12.1. The van der Waals surface area contributed by atoms with Crippen LogP contribution in [-0.2, 0) is 0 Å². The standard InChI is InChI=1S/C15H23F3N2O/c1-3-11(4-2)10-20-14(9-19)12-5-7-13(8-6-12)21-15(16,17)18/h5-8,11,14,20H,3-4,9-10,19H2,1-2H3. The fraction of sp³-hybridized carbons (Fsp3) is 0.600. The third kappa shape index (κ3) is 6.35. The van der Waals surface area contributed by atoms with Crippen LogP contribution >= 0.6 is 0 Å². The normalized spacial score (nSPS) is 13.5. The second-order valence-corrected chi connectivity index (χ2v) is 5.00. The zero-order chi connectivity index (χ0) is 15.9. The van der Waals surface area contributed by atoms with Gasteiger partial charge in [0.05, 0.1) is 0 Å². The highest BCUT2D eigenvalue weighted by molar-refractivity contribution is 5.29. The van der Waals surface area contributed by atoms with Crippen molar-refractivity contribution in [1.29, 1.82) is 0 Å². The van der Waals surface area contributed by atoms with Crippen molar-refractivity contribution < 1.29 is 17.9 Å². The summed E-state index contributed by atoms with van der Waals surface area (Å²) in [5.74, 6) is 0.355. The number of nitrogens with one attached hydrogen (secondary N) is 1. The van der Waals surface area contributed by atoms with Crippen molar-refractivity contribution in [3.05, 3.63) is 29.8 Å². The molecule has 0 aliphatic heterocycles. The SMILES string of the molecule is CCC(CC)CNC(CN)c1ccc(OC(F)(F)F)cc1. The molecule has 0 radical (unpaired) electrons. The summed E-state index contributed by atoms with van der Waals surface area (Å²) in [6.45, 7) is 5.50. The van der Waals surface area contributed by atoms with Crippen molar-refractivity contribution in [3.63, 3.8) is 0 Å². The highest BCUT2D eigenvalue weighted by atomic mass is 19.4. The molecule has 1 atom stereocenters. The Morgan fingerprint density at radius 2 is 1.71 bits per heavy atom. The Kier molecular flexibility index (Phi) is 6.98. The number of benzene rings is 1. The van der Waals surface area contributed by atoms with E-state index in [0.717, 1.165) is 24.9 Å². The van der Waals surface area contributed by atoms with E-state index in [-0.39, 0.29) is 11.8 Å². The van der Waals surface area contributed by atoms with Crippen molar-refractivity contribution in [2.45, 2.75) is 39.1 Å². The third-order valence-corrected chi connectivity index (χ3v) is 3.56. The monoisotopic (exact) mass is 304 g/mol. The molecular weight excluding hydrogens is 281 g/mol. The number of rotatable bonds is 8. The largest absolute Gasteiger partial charge is 0.573 e. The van der Waals surface area contributed by atoms with E-state index in [0.29, 0.717) is 12.5 Å². The van der Waals surface area contributed by atoms with Crippen molar-refractivity contribution in [2.75, 3.05) is 13.1 Å². The van der Waals surface area contributed by atoms with Crippen LogP contribution in [0.4, 0.5) is 13.2 Å². The van der Waals surface area contributed by atoms with Gasteiger partial charge in [-0.15, -0.1) is 13.2 Å². The van der Waals surface area contributed by atoms with E-state index >= 15 is 0 Å². The first-order valence-electron chi connectivity index (χ1n) is 7.18. The predicted molar refractivity (Wildman–Crippen MR) is 77.0 cm³/mol. The van der Waals surface area contributed by atoms with Gasteiger partial charge in [0.2, 0.25) is 0 Å². The van der Waals surface area contributed by atoms with Crippen LogP contribution in [0, 0.1) is 5.92 Å². The van der Waals surface area contributed by atoms with Gasteiger partial charge in [0.25, 0.3) is 0 Å². The van der Waals surface area contributed by atoms with Crippen LogP contribution in [0.5, 0.6) is 5.75 Å². The molecule has 3 nitrogen and oxygen atoms in total. The summed E-state index contributed by atoms with van der Waals surface area (Å²) in [4.78, 5) is 0. The zero-order valence-electron chi connectivity index (χ0n) is 12.4. The van der Waals surface area contributed by atoms with Crippen LogP contribution in [0.2, 0.25) is 0 Å². The molecule has 0 spiro atoms. The van der Waals surface area contributed by atoms with Crippen LogP contribution in [0.15, 0.2) is 24.3 Å². The third-order valence-electron chi connectivity index (χ3n) is 3.56. The molecule has 120 valence electrons. The van der Waals surface area contributed by atoms with E-state index in [1.54, 1.807) is 12.1 Å². The second-order valence-electron chi connectivity index (χ2n) is 5.00. The van der Waals surface area contributed by atoms with Crippen LogP contribution in [-0.4, -0.2) is 19.5 Å². The maximum Gasteiger partial charge on any atom is 0.573 e. The van der Waals surface area contributed by atoms with Gasteiger partial charge in [0.1, 0.15) is 5.75 Å². The van der Waals surface area contributed by atoms with Crippen molar-refractivity contribution in [2.24, 2.45) is 11.7 Å². The lowest BCUT2D eigenvalue weighted by Gasteiger charge is -2.21. The number of hydrogen-bond acceptors (Lipinski definition) is 3. The minimum atomic E-state index is -4.66. The summed E-state index contributed by atoms with van der Waals surface area (Å²) >= 11 is 0. The molecule has 1 unspecified atom stereocenters. The van der Waals surface area contributed by atoms with Crippen LogP contribution in [0.1, 0.15) is 38.3 Å². The van der Waals surface area contributed by atoms with E-state index in [9.17, 15) is 13.2 Å². The lowest BCUT2D eigenvalue weighted by atomic mass is 10.0. The molecule has 0 heterocycles. The molecule has 0 bridgehead atoms. The van der Waals surface area contributed by atoms with E-state index in [2.05, 4.69) is 23.9 Å². The Hall–Kier alpha value is -1.27. The van der Waals surface area contributed by atoms with Crippen LogP contribution in [0.25, 0.3) is 0 Å². The summed E-state index contributed by atoms with van der Waals surface area (Å²) in [6, 6.07) is 5.77. The molecule has 6 heteroatoms. The predicted octanol–water partition coefficient (Wildman–Crippen LogP) is 3.61. The average Bonchev–Trinajstić information content (AvgIpc) is 2.43. The lowest BCUT2D eigenvalue weighted by molar-refractivity contribution is -0.274. The zero-order valence-corrected chi connectivity index (χ0v) is 12.4. The van der Waals surface area contributed by atoms with Gasteiger partial charge in [0.15, 0.2) is 0 Å². The summed E-state index contributed by atoms with van der Waals surface area (Å²) < 4.78 is 40.2. The van der Waals surface area contributed by atoms with Crippen molar-refractivity contribution >= 4 is 0 Å². The van der Waals surface area contributed by atoms with Crippen LogP contribution in [0.3, 0.4) is 0 Å². The first-order valence-corrected chi connectivity index (χ1v) is 7.18. The summed E-state index contributed by atoms with van der Waals surface area (Å²) in [5, 5.41) is 3.37. The fourth-order valence-electron chi connectivity index (χ4n) is 2.13. The number of ether oxygens (including phenoxy) is 1. The van der Waals surface area contributed by atoms with E-state index in [1.807, 2.05) is 0 Å². The number of halogens is 3. The molecule has 21 heavy (non-hydrogen) atoms. The Labute approximate surface area is 123 Å². The van der Waals surface area contributed by atoms with Gasteiger partial charge < -0.3 is 15.8 Å². The maximum atomic E-state index is 12.1. The van der Waals surface area contributed by atoms with Crippen molar-refractivity contribution in [1.82, 2.24) is 5.32 Å². The highest BCUT2D eigenvalue weighted by Gasteiger charge is 2.31. The molecule has 0 saturated carbocycles. The first-order chi connectivity index (χ1) is 9.89. The Morgan fingerprint density at radius 1 is 1.14 bits per heavy atom. The lowest BCUT2D eigenvalue weighted by Crippen LogP contribution is -2.32. The van der Waals surface area contributed by atoms with Gasteiger partial charge in [-0.2, -0.15) is 0 Å². The molecule has 0 amide bonds. The Morgan fingerprint density at radius 3 is 2.14 bits per heavy atom. The molecule has 0 aliphatic rings. The summed E-state index contributed by atoms with van der Waals surface area (Å²) in [6.07, 6.45) is -2.50. The minimum absolute atomic E-state index is 0.0643. The first kappa shape index (κ1) is 17.8. The smallest absolute Gasteiger partial charge is 0.406 e. The number of nitrogens with two attached hydrogens (primary N) is 1. The molecule has 1 aromatic carbocycles. The summed E-state index contributed by atoms with van der Waals surface area (Å²) in [5.41, 5.74) is 6.60. The van der Waals surface area contributed by atoms with Gasteiger partial charge in [-0.3, -0.25) is 0 Å². The molecule has 1 rings (SSSR count). The molecule has 0 aromatic heterocycles. The topological polar surface area (TPSA) is 47.3 Å². The van der Waals surface area contributed by atoms with Gasteiger partial charge in [-0.1, -0.05) is 38.8 Å². The molecular formula is C15H23F3N2O. The number of alkyl halides is 3. The van der Waals surface area contributed by atoms with E-state index in [4.69, 9.17) is 5.73 Å². The summed E-state index contributed by atoms with van der Waals surface area (Å²) in [7, 11) is 0.